The van der Waals surface area contributed by atoms with Gasteiger partial charge in [-0.05, 0) is 60.9 Å². The molecule has 0 aliphatic carbocycles. The Kier molecular flexibility index (Phi) is 7.74. The van der Waals surface area contributed by atoms with Crippen LogP contribution < -0.4 is 14.4 Å². The van der Waals surface area contributed by atoms with Gasteiger partial charge < -0.3 is 14.6 Å². The first kappa shape index (κ1) is 26.2. The number of carbonyl (C=O) groups excluding carboxylic acids is 2. The molecule has 39 heavy (non-hydrogen) atoms. The summed E-state index contributed by atoms with van der Waals surface area (Å²) in [6, 6.07) is 21.3. The van der Waals surface area contributed by atoms with E-state index in [0.717, 1.165) is 16.7 Å². The lowest BCUT2D eigenvalue weighted by molar-refractivity contribution is -0.117. The fourth-order valence-electron chi connectivity index (χ4n) is 4.44. The van der Waals surface area contributed by atoms with Crippen LogP contribution in [0.25, 0.3) is 16.3 Å². The lowest BCUT2D eigenvalue weighted by Crippen LogP contribution is -2.30. The van der Waals surface area contributed by atoms with Crippen molar-refractivity contribution in [1.82, 2.24) is 4.98 Å². The number of aromatic nitrogens is 1. The van der Waals surface area contributed by atoms with E-state index in [1.165, 1.54) is 22.3 Å². The molecule has 8 heteroatoms. The number of hydrogen-bond donors (Lipinski definition) is 1. The molecule has 0 radical (unpaired) electrons. The topological polar surface area (TPSA) is 89.0 Å². The second-order valence-corrected chi connectivity index (χ2v) is 9.94. The van der Waals surface area contributed by atoms with E-state index in [4.69, 9.17) is 9.47 Å². The summed E-state index contributed by atoms with van der Waals surface area (Å²) in [5.41, 5.74) is 2.14. The highest BCUT2D eigenvalue weighted by atomic mass is 32.1. The summed E-state index contributed by atoms with van der Waals surface area (Å²) in [5.74, 6) is -0.410. The molecule has 0 saturated heterocycles. The van der Waals surface area contributed by atoms with E-state index in [2.05, 4.69) is 4.98 Å². The molecule has 0 saturated carbocycles. The molecule has 7 nitrogen and oxygen atoms in total. The number of rotatable bonds is 10. The van der Waals surface area contributed by atoms with Crippen molar-refractivity contribution in [3.05, 3.63) is 101 Å². The number of aliphatic hydroxyl groups is 1. The molecule has 1 amide bonds. The molecule has 1 aromatic heterocycles. The highest BCUT2D eigenvalue weighted by Gasteiger charge is 2.45. The number of aliphatic hydroxyl groups excluding tert-OH is 1. The van der Waals surface area contributed by atoms with Crippen molar-refractivity contribution < 1.29 is 24.2 Å². The maximum atomic E-state index is 13.5. The van der Waals surface area contributed by atoms with Crippen LogP contribution in [0, 0.1) is 0 Å². The molecule has 5 rings (SSSR count). The Bertz CT molecular complexity index is 1570. The van der Waals surface area contributed by atoms with Gasteiger partial charge in [0.05, 0.1) is 35.0 Å². The molecule has 1 aliphatic rings. The number of ether oxygens (including phenoxy) is 2. The fourth-order valence-corrected chi connectivity index (χ4v) is 5.46. The highest BCUT2D eigenvalue weighted by Crippen LogP contribution is 2.44. The van der Waals surface area contributed by atoms with Crippen LogP contribution in [0.3, 0.4) is 0 Å². The zero-order chi connectivity index (χ0) is 27.4. The second-order valence-electron chi connectivity index (χ2n) is 8.93. The molecular weight excluding hydrogens is 512 g/mol. The van der Waals surface area contributed by atoms with Crippen molar-refractivity contribution in [1.29, 1.82) is 0 Å². The van der Waals surface area contributed by atoms with Crippen LogP contribution in [-0.4, -0.2) is 35.0 Å². The molecule has 1 unspecified atom stereocenters. The van der Waals surface area contributed by atoms with Crippen molar-refractivity contribution in [2.75, 3.05) is 18.1 Å². The van der Waals surface area contributed by atoms with Gasteiger partial charge in [0.25, 0.3) is 5.91 Å². The van der Waals surface area contributed by atoms with Gasteiger partial charge in [0.2, 0.25) is 0 Å². The monoisotopic (exact) mass is 540 g/mol. The summed E-state index contributed by atoms with van der Waals surface area (Å²) >= 11 is 1.30. The van der Waals surface area contributed by atoms with Crippen molar-refractivity contribution in [2.24, 2.45) is 0 Å². The van der Waals surface area contributed by atoms with E-state index in [0.29, 0.717) is 40.9 Å². The third-order valence-electron chi connectivity index (χ3n) is 6.21. The number of anilines is 1. The Morgan fingerprint density at radius 2 is 1.82 bits per heavy atom. The Balaban J connectivity index is 1.59. The summed E-state index contributed by atoms with van der Waals surface area (Å²) in [6.07, 6.45) is 3.89. The number of carbonyl (C=O) groups is 2. The van der Waals surface area contributed by atoms with Crippen LogP contribution in [-0.2, 0) is 9.59 Å². The predicted octanol–water partition coefficient (Wildman–Crippen LogP) is 6.67. The Hall–Kier alpha value is -4.43. The molecule has 2 heterocycles. The summed E-state index contributed by atoms with van der Waals surface area (Å²) in [4.78, 5) is 33.1. The van der Waals surface area contributed by atoms with Gasteiger partial charge in [-0.3, -0.25) is 14.5 Å². The van der Waals surface area contributed by atoms with Crippen molar-refractivity contribution in [2.45, 2.75) is 26.3 Å². The molecule has 1 atom stereocenters. The molecule has 4 aromatic rings. The first-order valence-corrected chi connectivity index (χ1v) is 13.6. The number of thiazole rings is 1. The van der Waals surface area contributed by atoms with E-state index < -0.39 is 23.5 Å². The van der Waals surface area contributed by atoms with Crippen molar-refractivity contribution in [3.8, 4) is 11.5 Å². The van der Waals surface area contributed by atoms with E-state index in [1.807, 2.05) is 80.6 Å². The lowest BCUT2D eigenvalue weighted by Gasteiger charge is -2.24. The quantitative estimate of drug-likeness (QED) is 0.226. The summed E-state index contributed by atoms with van der Waals surface area (Å²) < 4.78 is 12.3. The summed E-state index contributed by atoms with van der Waals surface area (Å²) in [5, 5.41) is 11.4. The van der Waals surface area contributed by atoms with Crippen LogP contribution in [0.1, 0.15) is 37.4 Å². The molecule has 1 aliphatic heterocycles. The zero-order valence-corrected chi connectivity index (χ0v) is 22.5. The second kappa shape index (κ2) is 11.5. The first-order valence-electron chi connectivity index (χ1n) is 12.8. The van der Waals surface area contributed by atoms with Gasteiger partial charge in [-0.15, -0.1) is 0 Å². The number of benzene rings is 3. The van der Waals surface area contributed by atoms with Crippen LogP contribution in [0.4, 0.5) is 5.13 Å². The fraction of sp³-hybridized carbons (Fsp3) is 0.194. The van der Waals surface area contributed by atoms with Gasteiger partial charge in [-0.2, -0.15) is 0 Å². The summed E-state index contributed by atoms with van der Waals surface area (Å²) in [6.45, 7) is 4.98. The maximum absolute atomic E-state index is 13.5. The average molecular weight is 541 g/mol. The minimum absolute atomic E-state index is 0.00548. The normalized spacial score (nSPS) is 15.5. The molecular formula is C31H28N2O5S. The summed E-state index contributed by atoms with van der Waals surface area (Å²) in [7, 11) is 0. The van der Waals surface area contributed by atoms with Gasteiger partial charge in [0.1, 0.15) is 11.5 Å². The van der Waals surface area contributed by atoms with Crippen molar-refractivity contribution >= 4 is 44.5 Å². The van der Waals surface area contributed by atoms with E-state index >= 15 is 0 Å². The Morgan fingerprint density at radius 3 is 2.59 bits per heavy atom. The average Bonchev–Trinajstić information content (AvgIpc) is 3.49. The highest BCUT2D eigenvalue weighted by molar-refractivity contribution is 7.22. The smallest absolute Gasteiger partial charge is 0.296 e. The number of amides is 1. The van der Waals surface area contributed by atoms with Gasteiger partial charge in [0.15, 0.2) is 16.7 Å². The largest absolute Gasteiger partial charge is 0.503 e. The molecule has 0 spiro atoms. The minimum Gasteiger partial charge on any atom is -0.503 e. The number of nitrogens with zero attached hydrogens (tertiary/aromatic N) is 2. The Labute approximate surface area is 230 Å². The lowest BCUT2D eigenvalue weighted by atomic mass is 9.95. The van der Waals surface area contributed by atoms with E-state index in [9.17, 15) is 14.7 Å². The van der Waals surface area contributed by atoms with Crippen LogP contribution in [0.5, 0.6) is 11.5 Å². The number of allylic oxidation sites excluding steroid dienone is 1. The van der Waals surface area contributed by atoms with Gasteiger partial charge in [-0.25, -0.2) is 4.98 Å². The SMILES string of the molecule is CCCOc1cccc(C2C(C(=O)C=Cc3ccccc3)=C(O)C(=O)N2c2nc3ccc(OCC)cc3s2)c1. The predicted molar refractivity (Wildman–Crippen MR) is 153 cm³/mol. The molecule has 1 N–H and O–H groups in total. The van der Waals surface area contributed by atoms with Gasteiger partial charge in [0, 0.05) is 0 Å². The number of hydrogen-bond acceptors (Lipinski definition) is 7. The van der Waals surface area contributed by atoms with E-state index in [-0.39, 0.29) is 5.57 Å². The maximum Gasteiger partial charge on any atom is 0.296 e. The first-order chi connectivity index (χ1) is 19.0. The van der Waals surface area contributed by atoms with Crippen LogP contribution in [0.15, 0.2) is 90.2 Å². The number of fused-ring (bicyclic) bond motifs is 1. The third kappa shape index (κ3) is 5.42. The van der Waals surface area contributed by atoms with Crippen LogP contribution >= 0.6 is 11.3 Å². The standard InChI is InChI=1S/C31H28N2O5S/c1-3-17-38-22-12-8-11-21(18-22)28-27(25(34)16-13-20-9-6-5-7-10-20)29(35)30(36)33(28)31-32-24-15-14-23(37-4-2)19-26(24)39-31/h5-16,18-19,28,35H,3-4,17H2,1-2H3. The van der Waals surface area contributed by atoms with Crippen LogP contribution in [0.2, 0.25) is 0 Å². The van der Waals surface area contributed by atoms with Crippen molar-refractivity contribution in [3.63, 3.8) is 0 Å². The number of ketones is 1. The molecule has 0 bridgehead atoms. The molecule has 3 aromatic carbocycles. The minimum atomic E-state index is -0.887. The third-order valence-corrected chi connectivity index (χ3v) is 7.23. The van der Waals surface area contributed by atoms with E-state index in [1.54, 1.807) is 12.1 Å². The molecule has 0 fully saturated rings. The Morgan fingerprint density at radius 1 is 1.03 bits per heavy atom. The zero-order valence-electron chi connectivity index (χ0n) is 21.7. The van der Waals surface area contributed by atoms with Gasteiger partial charge in [-0.1, -0.05) is 66.8 Å². The molecule has 198 valence electrons. The van der Waals surface area contributed by atoms with Gasteiger partial charge >= 0.3 is 0 Å².